The first kappa shape index (κ1) is 12.1. The third-order valence-corrected chi connectivity index (χ3v) is 2.65. The number of alkyl halides is 2. The van der Waals surface area contributed by atoms with Gasteiger partial charge in [0, 0.05) is 5.56 Å². The molecule has 17 heavy (non-hydrogen) atoms. The number of aliphatic hydroxyl groups is 1. The molecular weight excluding hydrogens is 232 g/mol. The maximum Gasteiger partial charge on any atom is 0.586 e. The molecule has 94 valence electrons. The molecule has 0 spiro atoms. The molecule has 0 unspecified atom stereocenters. The topological polar surface area (TPSA) is 64.7 Å². The fourth-order valence-electron chi connectivity index (χ4n) is 1.71. The van der Waals surface area contributed by atoms with E-state index in [2.05, 4.69) is 9.47 Å². The van der Waals surface area contributed by atoms with Crippen LogP contribution in [0.5, 0.6) is 11.5 Å². The van der Waals surface area contributed by atoms with Gasteiger partial charge in [-0.25, -0.2) is 0 Å². The Labute approximate surface area is 96.9 Å². The Bertz CT molecular complexity index is 425. The normalized spacial score (nSPS) is 20.1. The Morgan fingerprint density at radius 3 is 2.76 bits per heavy atom. The summed E-state index contributed by atoms with van der Waals surface area (Å²) in [5, 5.41) is 9.63. The van der Waals surface area contributed by atoms with Crippen molar-refractivity contribution in [3.63, 3.8) is 0 Å². The Morgan fingerprint density at radius 2 is 2.12 bits per heavy atom. The number of rotatable bonds is 3. The van der Waals surface area contributed by atoms with E-state index in [9.17, 15) is 13.9 Å². The highest BCUT2D eigenvalue weighted by atomic mass is 19.3. The highest BCUT2D eigenvalue weighted by Crippen LogP contribution is 2.45. The second kappa shape index (κ2) is 4.12. The quantitative estimate of drug-likeness (QED) is 0.852. The van der Waals surface area contributed by atoms with Crippen molar-refractivity contribution in [2.45, 2.75) is 31.8 Å². The fraction of sp³-hybridized carbons (Fsp3) is 0.455. The lowest BCUT2D eigenvalue weighted by molar-refractivity contribution is -0.287. The molecular formula is C11H13F2NO3. The molecule has 0 saturated carbocycles. The highest BCUT2D eigenvalue weighted by Gasteiger charge is 2.45. The zero-order chi connectivity index (χ0) is 12.6. The van der Waals surface area contributed by atoms with Gasteiger partial charge in [-0.2, -0.15) is 0 Å². The van der Waals surface area contributed by atoms with E-state index < -0.39 is 18.4 Å². The van der Waals surface area contributed by atoms with Gasteiger partial charge >= 0.3 is 6.29 Å². The third-order valence-electron chi connectivity index (χ3n) is 2.65. The van der Waals surface area contributed by atoms with Crippen LogP contribution in [0.3, 0.4) is 0 Å². The summed E-state index contributed by atoms with van der Waals surface area (Å²) < 4.78 is 34.5. The zero-order valence-electron chi connectivity index (χ0n) is 9.19. The maximum absolute atomic E-state index is 12.9. The van der Waals surface area contributed by atoms with Crippen molar-refractivity contribution in [3.8, 4) is 11.5 Å². The number of fused-ring (bicyclic) bond motifs is 1. The predicted octanol–water partition coefficient (Wildman–Crippen LogP) is 1.78. The first-order chi connectivity index (χ1) is 7.94. The summed E-state index contributed by atoms with van der Waals surface area (Å²) in [6.07, 6.45) is -4.07. The van der Waals surface area contributed by atoms with Crippen LogP contribution in [-0.2, 0) is 0 Å². The molecule has 6 heteroatoms. The summed E-state index contributed by atoms with van der Waals surface area (Å²) in [4.78, 5) is 0. The van der Waals surface area contributed by atoms with Gasteiger partial charge in [0.2, 0.25) is 0 Å². The minimum Gasteiger partial charge on any atom is -0.395 e. The van der Waals surface area contributed by atoms with Crippen molar-refractivity contribution in [2.24, 2.45) is 5.73 Å². The van der Waals surface area contributed by atoms with E-state index in [1.54, 1.807) is 6.92 Å². The van der Waals surface area contributed by atoms with E-state index in [0.717, 1.165) is 0 Å². The first-order valence-electron chi connectivity index (χ1n) is 5.27. The second-order valence-electron chi connectivity index (χ2n) is 3.84. The van der Waals surface area contributed by atoms with E-state index in [1.807, 2.05) is 0 Å². The average molecular weight is 245 g/mol. The molecule has 0 radical (unpaired) electrons. The van der Waals surface area contributed by atoms with Gasteiger partial charge in [-0.05, 0) is 12.5 Å². The lowest BCUT2D eigenvalue weighted by Gasteiger charge is -2.18. The molecule has 0 amide bonds. The molecule has 1 heterocycles. The lowest BCUT2D eigenvalue weighted by Crippen LogP contribution is -2.28. The Kier molecular flexibility index (Phi) is 2.92. The molecule has 2 atom stereocenters. The number of hydrogen-bond donors (Lipinski definition) is 2. The maximum atomic E-state index is 12.9. The average Bonchev–Trinajstić information content (AvgIpc) is 2.60. The monoisotopic (exact) mass is 245 g/mol. The van der Waals surface area contributed by atoms with Gasteiger partial charge in [0.15, 0.2) is 11.5 Å². The lowest BCUT2D eigenvalue weighted by atomic mass is 9.99. The second-order valence-corrected chi connectivity index (χ2v) is 3.84. The summed E-state index contributed by atoms with van der Waals surface area (Å²) in [5.74, 6) is -0.163. The summed E-state index contributed by atoms with van der Waals surface area (Å²) in [6, 6.07) is 3.64. The molecule has 0 aromatic heterocycles. The standard InChI is InChI=1S/C11H13F2NO3/c1-2-7(15)9(14)6-4-3-5-8-10(6)17-11(12,13)16-8/h3-5,7,9,15H,2,14H2,1H3/t7-,9+/m0/s1. The molecule has 0 bridgehead atoms. The molecule has 1 aromatic rings. The van der Waals surface area contributed by atoms with Crippen LogP contribution in [-0.4, -0.2) is 17.5 Å². The molecule has 2 rings (SSSR count). The molecule has 1 aliphatic rings. The van der Waals surface area contributed by atoms with Crippen molar-refractivity contribution < 1.29 is 23.4 Å². The minimum absolute atomic E-state index is 0.0637. The zero-order valence-corrected chi connectivity index (χ0v) is 9.19. The summed E-state index contributed by atoms with van der Waals surface area (Å²) in [6.45, 7) is 1.75. The van der Waals surface area contributed by atoms with E-state index in [-0.39, 0.29) is 11.5 Å². The summed E-state index contributed by atoms with van der Waals surface area (Å²) in [7, 11) is 0. The van der Waals surface area contributed by atoms with Crippen LogP contribution < -0.4 is 15.2 Å². The summed E-state index contributed by atoms with van der Waals surface area (Å²) in [5.41, 5.74) is 6.09. The van der Waals surface area contributed by atoms with Gasteiger partial charge in [0.1, 0.15) is 0 Å². The largest absolute Gasteiger partial charge is 0.586 e. The van der Waals surface area contributed by atoms with Crippen LogP contribution in [0.15, 0.2) is 18.2 Å². The van der Waals surface area contributed by atoms with Crippen LogP contribution >= 0.6 is 0 Å². The molecule has 0 fully saturated rings. The number of benzene rings is 1. The van der Waals surface area contributed by atoms with Gasteiger partial charge < -0.3 is 20.3 Å². The van der Waals surface area contributed by atoms with Crippen molar-refractivity contribution in [1.29, 1.82) is 0 Å². The van der Waals surface area contributed by atoms with E-state index in [0.29, 0.717) is 12.0 Å². The van der Waals surface area contributed by atoms with Crippen LogP contribution in [0.4, 0.5) is 8.78 Å². The SMILES string of the molecule is CC[C@H](O)[C@H](N)c1cccc2c1OC(F)(F)O2. The van der Waals surface area contributed by atoms with Gasteiger partial charge in [-0.1, -0.05) is 19.1 Å². The van der Waals surface area contributed by atoms with E-state index >= 15 is 0 Å². The minimum atomic E-state index is -3.67. The van der Waals surface area contributed by atoms with Crippen molar-refractivity contribution in [2.75, 3.05) is 0 Å². The van der Waals surface area contributed by atoms with E-state index in [1.165, 1.54) is 18.2 Å². The van der Waals surface area contributed by atoms with Crippen LogP contribution in [0.1, 0.15) is 24.9 Å². The molecule has 0 saturated heterocycles. The van der Waals surface area contributed by atoms with Gasteiger partial charge in [0.25, 0.3) is 0 Å². The molecule has 1 aromatic carbocycles. The molecule has 0 aliphatic carbocycles. The number of ether oxygens (including phenoxy) is 2. The number of hydrogen-bond acceptors (Lipinski definition) is 4. The summed E-state index contributed by atoms with van der Waals surface area (Å²) >= 11 is 0. The molecule has 3 N–H and O–H groups in total. The fourth-order valence-corrected chi connectivity index (χ4v) is 1.71. The number of nitrogens with two attached hydrogens (primary N) is 1. The smallest absolute Gasteiger partial charge is 0.395 e. The van der Waals surface area contributed by atoms with Crippen LogP contribution in [0.2, 0.25) is 0 Å². The number of aliphatic hydroxyl groups excluding tert-OH is 1. The molecule has 1 aliphatic heterocycles. The van der Waals surface area contributed by atoms with E-state index in [4.69, 9.17) is 5.73 Å². The number of para-hydroxylation sites is 1. The first-order valence-corrected chi connectivity index (χ1v) is 5.27. The van der Waals surface area contributed by atoms with Crippen molar-refractivity contribution in [1.82, 2.24) is 0 Å². The van der Waals surface area contributed by atoms with Crippen molar-refractivity contribution in [3.05, 3.63) is 23.8 Å². The highest BCUT2D eigenvalue weighted by molar-refractivity contribution is 5.50. The van der Waals surface area contributed by atoms with Gasteiger partial charge in [-0.3, -0.25) is 0 Å². The third kappa shape index (κ3) is 2.18. The Balaban J connectivity index is 2.36. The molecule has 4 nitrogen and oxygen atoms in total. The Hall–Kier alpha value is -1.40. The Morgan fingerprint density at radius 1 is 1.41 bits per heavy atom. The number of halogens is 2. The van der Waals surface area contributed by atoms with Gasteiger partial charge in [-0.15, -0.1) is 8.78 Å². The van der Waals surface area contributed by atoms with Crippen molar-refractivity contribution >= 4 is 0 Å². The van der Waals surface area contributed by atoms with Crippen LogP contribution in [0, 0.1) is 0 Å². The van der Waals surface area contributed by atoms with Gasteiger partial charge in [0.05, 0.1) is 12.1 Å². The predicted molar refractivity (Wildman–Crippen MR) is 55.9 cm³/mol. The van der Waals surface area contributed by atoms with Crippen LogP contribution in [0.25, 0.3) is 0 Å².